The maximum Gasteiger partial charge on any atom is 0.184 e. The van der Waals surface area contributed by atoms with Gasteiger partial charge in [0.05, 0.1) is 26.6 Å². The molecule has 0 radical (unpaired) electrons. The average molecular weight is 574 g/mol. The largest absolute Gasteiger partial charge is 0.383 e. The van der Waals surface area contributed by atoms with Crippen molar-refractivity contribution in [3.8, 4) is 11.3 Å². The third-order valence-electron chi connectivity index (χ3n) is 7.39. The van der Waals surface area contributed by atoms with Crippen molar-refractivity contribution in [1.29, 1.82) is 0 Å². The standard InChI is InChI=1S/C28H30ClF2N5O2S/c1-15(2)36-27-20(16-7-9-18(32)10-8-16)13-34-28(33)25(27)26(35-36)19-12-22(30)17(11-23(19)31)14-39(37,38)24-6-4-3-5-21(24)29/h3-6,11-13,15-16,18H,7-10,14,32H2,1-2H3,(H2,33,34). The monoisotopic (exact) mass is 573 g/mol. The van der Waals surface area contributed by atoms with Gasteiger partial charge in [0.2, 0.25) is 0 Å². The predicted molar refractivity (Wildman–Crippen MR) is 149 cm³/mol. The van der Waals surface area contributed by atoms with Crippen molar-refractivity contribution in [3.63, 3.8) is 0 Å². The lowest BCUT2D eigenvalue weighted by Gasteiger charge is -2.27. The quantitative estimate of drug-likeness (QED) is 0.286. The molecule has 5 rings (SSSR count). The van der Waals surface area contributed by atoms with Crippen molar-refractivity contribution in [2.75, 3.05) is 5.73 Å². The van der Waals surface area contributed by atoms with Crippen LogP contribution in [0, 0.1) is 11.6 Å². The highest BCUT2D eigenvalue weighted by Gasteiger charge is 2.29. The lowest BCUT2D eigenvalue weighted by molar-refractivity contribution is 0.395. The molecule has 0 aliphatic heterocycles. The van der Waals surface area contributed by atoms with Gasteiger partial charge in [-0.1, -0.05) is 23.7 Å². The third-order valence-corrected chi connectivity index (χ3v) is 9.55. The predicted octanol–water partition coefficient (Wildman–Crippen LogP) is 6.15. The van der Waals surface area contributed by atoms with E-state index in [9.17, 15) is 8.42 Å². The summed E-state index contributed by atoms with van der Waals surface area (Å²) in [5.41, 5.74) is 13.9. The summed E-state index contributed by atoms with van der Waals surface area (Å²) in [6.07, 6.45) is 5.30. The topological polar surface area (TPSA) is 117 Å². The van der Waals surface area contributed by atoms with E-state index in [1.54, 1.807) is 16.9 Å². The molecule has 0 bridgehead atoms. The fraction of sp³-hybridized carbons (Fsp3) is 0.357. The summed E-state index contributed by atoms with van der Waals surface area (Å²) < 4.78 is 58.6. The number of aromatic nitrogens is 3. The number of benzene rings is 2. The number of hydrogen-bond acceptors (Lipinski definition) is 6. The van der Waals surface area contributed by atoms with Crippen LogP contribution in [-0.4, -0.2) is 29.2 Å². The van der Waals surface area contributed by atoms with Gasteiger partial charge in [-0.05, 0) is 75.3 Å². The Morgan fingerprint density at radius 3 is 2.46 bits per heavy atom. The van der Waals surface area contributed by atoms with E-state index in [1.807, 2.05) is 13.8 Å². The highest BCUT2D eigenvalue weighted by molar-refractivity contribution is 7.90. The summed E-state index contributed by atoms with van der Waals surface area (Å²) in [4.78, 5) is 4.26. The molecule has 39 heavy (non-hydrogen) atoms. The number of nitrogens with zero attached hydrogens (tertiary/aromatic N) is 3. The number of anilines is 1. The third kappa shape index (κ3) is 5.13. The van der Waals surface area contributed by atoms with E-state index >= 15 is 8.78 Å². The van der Waals surface area contributed by atoms with Crippen LogP contribution in [0.15, 0.2) is 47.5 Å². The van der Waals surface area contributed by atoms with Gasteiger partial charge in [-0.3, -0.25) is 4.68 Å². The number of halogens is 3. The van der Waals surface area contributed by atoms with E-state index < -0.39 is 27.2 Å². The van der Waals surface area contributed by atoms with E-state index in [-0.39, 0.29) is 50.6 Å². The molecular formula is C28H30ClF2N5O2S. The van der Waals surface area contributed by atoms with Gasteiger partial charge in [0.1, 0.15) is 23.1 Å². The van der Waals surface area contributed by atoms with E-state index in [2.05, 4.69) is 10.1 Å². The van der Waals surface area contributed by atoms with Crippen molar-refractivity contribution in [1.82, 2.24) is 14.8 Å². The summed E-state index contributed by atoms with van der Waals surface area (Å²) in [7, 11) is -4.03. The zero-order valence-corrected chi connectivity index (χ0v) is 23.2. The van der Waals surface area contributed by atoms with Crippen LogP contribution in [-0.2, 0) is 15.6 Å². The number of hydrogen-bond donors (Lipinski definition) is 2. The number of fused-ring (bicyclic) bond motifs is 1. The number of sulfone groups is 1. The number of pyridine rings is 1. The first-order chi connectivity index (χ1) is 18.5. The van der Waals surface area contributed by atoms with Crippen LogP contribution in [0.5, 0.6) is 0 Å². The van der Waals surface area contributed by atoms with Crippen molar-refractivity contribution >= 4 is 38.2 Å². The molecule has 2 aromatic heterocycles. The fourth-order valence-corrected chi connectivity index (χ4v) is 7.29. The van der Waals surface area contributed by atoms with Crippen molar-refractivity contribution in [3.05, 3.63) is 70.4 Å². The first kappa shape index (κ1) is 27.5. The van der Waals surface area contributed by atoms with Gasteiger partial charge in [-0.15, -0.1) is 0 Å². The zero-order valence-electron chi connectivity index (χ0n) is 21.7. The highest BCUT2D eigenvalue weighted by atomic mass is 35.5. The molecule has 2 aromatic carbocycles. The molecular weight excluding hydrogens is 544 g/mol. The Labute approximate surface area is 231 Å². The van der Waals surface area contributed by atoms with Crippen LogP contribution >= 0.6 is 11.6 Å². The Hall–Kier alpha value is -3.08. The van der Waals surface area contributed by atoms with Crippen molar-refractivity contribution in [2.24, 2.45) is 5.73 Å². The smallest absolute Gasteiger partial charge is 0.184 e. The number of rotatable bonds is 6. The molecule has 1 aliphatic rings. The van der Waals surface area contributed by atoms with E-state index in [0.29, 0.717) is 5.39 Å². The van der Waals surface area contributed by atoms with Crippen LogP contribution < -0.4 is 11.5 Å². The molecule has 11 heteroatoms. The SMILES string of the molecule is CC(C)n1nc(-c2cc(F)c(CS(=O)(=O)c3ccccc3Cl)cc2F)c2c(N)ncc(C3CCC(N)CC3)c21. The number of nitrogen functional groups attached to an aromatic ring is 1. The molecule has 4 N–H and O–H groups in total. The van der Waals surface area contributed by atoms with Crippen LogP contribution in [0.4, 0.5) is 14.6 Å². The minimum Gasteiger partial charge on any atom is -0.383 e. The Balaban J connectivity index is 1.62. The van der Waals surface area contributed by atoms with E-state index in [0.717, 1.165) is 48.9 Å². The van der Waals surface area contributed by atoms with Gasteiger partial charge in [0.25, 0.3) is 0 Å². The first-order valence-electron chi connectivity index (χ1n) is 12.9. The first-order valence-corrected chi connectivity index (χ1v) is 14.9. The van der Waals surface area contributed by atoms with Crippen LogP contribution in [0.3, 0.4) is 0 Å². The van der Waals surface area contributed by atoms with Crippen LogP contribution in [0.25, 0.3) is 22.2 Å². The Morgan fingerprint density at radius 2 is 1.79 bits per heavy atom. The van der Waals surface area contributed by atoms with Crippen molar-refractivity contribution in [2.45, 2.75) is 68.2 Å². The lowest BCUT2D eigenvalue weighted by atomic mass is 9.82. The molecule has 1 saturated carbocycles. The van der Waals surface area contributed by atoms with Gasteiger partial charge in [0, 0.05) is 29.4 Å². The normalized spacial score (nSPS) is 18.2. The summed E-state index contributed by atoms with van der Waals surface area (Å²) in [5, 5.41) is 5.15. The van der Waals surface area contributed by atoms with Gasteiger partial charge in [-0.2, -0.15) is 5.10 Å². The molecule has 0 spiro atoms. The molecule has 0 unspecified atom stereocenters. The fourth-order valence-electron chi connectivity index (χ4n) is 5.37. The van der Waals surface area contributed by atoms with Gasteiger partial charge < -0.3 is 11.5 Å². The molecule has 206 valence electrons. The molecule has 0 saturated heterocycles. The highest BCUT2D eigenvalue weighted by Crippen LogP contribution is 2.42. The molecule has 0 amide bonds. The number of nitrogens with two attached hydrogens (primary N) is 2. The van der Waals surface area contributed by atoms with Gasteiger partial charge in [0.15, 0.2) is 9.84 Å². The van der Waals surface area contributed by atoms with E-state index in [4.69, 9.17) is 23.1 Å². The summed E-state index contributed by atoms with van der Waals surface area (Å²) >= 11 is 6.04. The second kappa shape index (κ2) is 10.5. The second-order valence-corrected chi connectivity index (χ2v) is 12.8. The van der Waals surface area contributed by atoms with Gasteiger partial charge >= 0.3 is 0 Å². The lowest BCUT2D eigenvalue weighted by Crippen LogP contribution is -2.26. The van der Waals surface area contributed by atoms with Gasteiger partial charge in [-0.25, -0.2) is 22.2 Å². The van der Waals surface area contributed by atoms with Crippen LogP contribution in [0.2, 0.25) is 5.02 Å². The Morgan fingerprint density at radius 1 is 1.10 bits per heavy atom. The maximum absolute atomic E-state index is 15.6. The summed E-state index contributed by atoms with van der Waals surface area (Å²) in [6.45, 7) is 3.90. The molecule has 1 fully saturated rings. The molecule has 4 aromatic rings. The van der Waals surface area contributed by atoms with Crippen LogP contribution in [0.1, 0.15) is 62.6 Å². The molecule has 1 aliphatic carbocycles. The van der Waals surface area contributed by atoms with E-state index in [1.165, 1.54) is 18.2 Å². The average Bonchev–Trinajstić information content (AvgIpc) is 3.29. The molecule has 7 nitrogen and oxygen atoms in total. The second-order valence-electron chi connectivity index (χ2n) is 10.4. The Kier molecular flexibility index (Phi) is 7.39. The summed E-state index contributed by atoms with van der Waals surface area (Å²) in [5.74, 6) is -2.09. The molecule has 2 heterocycles. The minimum atomic E-state index is -4.03. The summed E-state index contributed by atoms with van der Waals surface area (Å²) in [6, 6.07) is 7.81. The minimum absolute atomic E-state index is 0.0134. The maximum atomic E-state index is 15.6. The molecule has 0 atom stereocenters. The zero-order chi connectivity index (χ0) is 28.1. The Bertz CT molecular complexity index is 1660. The van der Waals surface area contributed by atoms with Crippen molar-refractivity contribution < 1.29 is 17.2 Å².